The number of benzene rings is 1. The molecule has 3 N–H and O–H groups in total. The van der Waals surface area contributed by atoms with E-state index in [2.05, 4.69) is 9.71 Å². The predicted molar refractivity (Wildman–Crippen MR) is 76.5 cm³/mol. The fourth-order valence-electron chi connectivity index (χ4n) is 1.53. The minimum atomic E-state index is -3.54. The summed E-state index contributed by atoms with van der Waals surface area (Å²) in [6, 6.07) is 4.71. The van der Waals surface area contributed by atoms with Crippen LogP contribution in [0.1, 0.15) is 16.1 Å². The average molecular weight is 297 g/mol. The molecule has 0 unspecified atom stereocenters. The molecule has 0 fully saturated rings. The summed E-state index contributed by atoms with van der Waals surface area (Å²) in [4.78, 5) is 5.16. The third kappa shape index (κ3) is 3.12. The Balaban J connectivity index is 2.18. The molecule has 1 aromatic carbocycles. The first kappa shape index (κ1) is 14.0. The van der Waals surface area contributed by atoms with Crippen molar-refractivity contribution in [3.8, 4) is 0 Å². The van der Waals surface area contributed by atoms with E-state index in [4.69, 9.17) is 5.73 Å². The van der Waals surface area contributed by atoms with Crippen molar-refractivity contribution in [2.75, 3.05) is 5.73 Å². The van der Waals surface area contributed by atoms with Gasteiger partial charge in [0.25, 0.3) is 0 Å². The fourth-order valence-corrected chi connectivity index (χ4v) is 3.36. The maximum atomic E-state index is 12.1. The van der Waals surface area contributed by atoms with Crippen LogP contribution in [-0.4, -0.2) is 13.4 Å². The van der Waals surface area contributed by atoms with E-state index in [1.54, 1.807) is 17.6 Å². The molecule has 2 aromatic rings. The largest absolute Gasteiger partial charge is 0.398 e. The Hall–Kier alpha value is -1.44. The van der Waals surface area contributed by atoms with Crippen molar-refractivity contribution in [3.63, 3.8) is 0 Å². The van der Waals surface area contributed by atoms with Gasteiger partial charge in [-0.1, -0.05) is 6.07 Å². The summed E-state index contributed by atoms with van der Waals surface area (Å²) >= 11 is 1.43. The van der Waals surface area contributed by atoms with Gasteiger partial charge in [-0.25, -0.2) is 18.1 Å². The summed E-state index contributed by atoms with van der Waals surface area (Å²) in [5.74, 6) is 0. The molecular formula is C12H15N3O2S2. The van der Waals surface area contributed by atoms with Gasteiger partial charge in [-0.15, -0.1) is 11.3 Å². The molecular weight excluding hydrogens is 282 g/mol. The SMILES string of the molecule is Cc1ccc(S(=O)(=O)NCc2scnc2C)cc1N. The second-order valence-corrected chi connectivity index (χ2v) is 6.91. The number of aromatic nitrogens is 1. The van der Waals surface area contributed by atoms with E-state index in [-0.39, 0.29) is 11.4 Å². The molecule has 0 aliphatic heterocycles. The van der Waals surface area contributed by atoms with E-state index in [0.29, 0.717) is 5.69 Å². The van der Waals surface area contributed by atoms with Gasteiger partial charge >= 0.3 is 0 Å². The van der Waals surface area contributed by atoms with Crippen LogP contribution in [0.25, 0.3) is 0 Å². The summed E-state index contributed by atoms with van der Waals surface area (Å²) in [5, 5.41) is 0. The Bertz CT molecular complexity index is 693. The van der Waals surface area contributed by atoms with Gasteiger partial charge in [0.15, 0.2) is 0 Å². The molecule has 19 heavy (non-hydrogen) atoms. The number of sulfonamides is 1. The van der Waals surface area contributed by atoms with E-state index in [9.17, 15) is 8.42 Å². The third-order valence-electron chi connectivity index (χ3n) is 2.83. The molecule has 1 aromatic heterocycles. The minimum Gasteiger partial charge on any atom is -0.398 e. The van der Waals surface area contributed by atoms with Crippen LogP contribution in [0.2, 0.25) is 0 Å². The summed E-state index contributed by atoms with van der Waals surface area (Å²) < 4.78 is 26.8. The van der Waals surface area contributed by atoms with Gasteiger partial charge < -0.3 is 5.73 Å². The number of hydrogen-bond acceptors (Lipinski definition) is 5. The second kappa shape index (κ2) is 5.28. The highest BCUT2D eigenvalue weighted by Gasteiger charge is 2.15. The molecule has 2 rings (SSSR count). The molecule has 0 amide bonds. The van der Waals surface area contributed by atoms with Crippen molar-refractivity contribution in [2.45, 2.75) is 25.3 Å². The van der Waals surface area contributed by atoms with Crippen LogP contribution in [0.3, 0.4) is 0 Å². The van der Waals surface area contributed by atoms with E-state index >= 15 is 0 Å². The van der Waals surface area contributed by atoms with Crippen molar-refractivity contribution < 1.29 is 8.42 Å². The van der Waals surface area contributed by atoms with E-state index in [0.717, 1.165) is 16.1 Å². The van der Waals surface area contributed by atoms with Crippen LogP contribution < -0.4 is 10.5 Å². The molecule has 5 nitrogen and oxygen atoms in total. The maximum Gasteiger partial charge on any atom is 0.240 e. The van der Waals surface area contributed by atoms with Crippen LogP contribution >= 0.6 is 11.3 Å². The number of hydrogen-bond donors (Lipinski definition) is 2. The van der Waals surface area contributed by atoms with Crippen molar-refractivity contribution in [1.29, 1.82) is 0 Å². The predicted octanol–water partition coefficient (Wildman–Crippen LogP) is 1.82. The van der Waals surface area contributed by atoms with Crippen LogP contribution in [0.4, 0.5) is 5.69 Å². The molecule has 0 saturated carbocycles. The standard InChI is InChI=1S/C12H15N3O2S2/c1-8-3-4-10(5-11(8)13)19(16,17)15-6-12-9(2)14-7-18-12/h3-5,7,15H,6,13H2,1-2H3. The first-order valence-corrected chi connectivity index (χ1v) is 8.01. The van der Waals surface area contributed by atoms with Gasteiger partial charge in [0.1, 0.15) is 0 Å². The number of aryl methyl sites for hydroxylation is 2. The highest BCUT2D eigenvalue weighted by Crippen LogP contribution is 2.18. The van der Waals surface area contributed by atoms with Gasteiger partial charge in [0.05, 0.1) is 16.1 Å². The number of nitrogen functional groups attached to an aromatic ring is 1. The fraction of sp³-hybridized carbons (Fsp3) is 0.250. The molecule has 7 heteroatoms. The highest BCUT2D eigenvalue weighted by molar-refractivity contribution is 7.89. The van der Waals surface area contributed by atoms with Gasteiger partial charge in [-0.3, -0.25) is 0 Å². The van der Waals surface area contributed by atoms with Gasteiger partial charge in [-0.05, 0) is 31.5 Å². The van der Waals surface area contributed by atoms with Crippen LogP contribution in [-0.2, 0) is 16.6 Å². The zero-order valence-corrected chi connectivity index (χ0v) is 12.3. The topological polar surface area (TPSA) is 85.1 Å². The van der Waals surface area contributed by atoms with Crippen LogP contribution in [0.5, 0.6) is 0 Å². The first-order valence-electron chi connectivity index (χ1n) is 5.65. The number of nitrogens with zero attached hydrogens (tertiary/aromatic N) is 1. The van der Waals surface area contributed by atoms with Crippen LogP contribution in [0.15, 0.2) is 28.6 Å². The number of rotatable bonds is 4. The minimum absolute atomic E-state index is 0.178. The zero-order chi connectivity index (χ0) is 14.0. The lowest BCUT2D eigenvalue weighted by Crippen LogP contribution is -2.23. The summed E-state index contributed by atoms with van der Waals surface area (Å²) in [6.45, 7) is 3.93. The summed E-state index contributed by atoms with van der Waals surface area (Å²) in [7, 11) is -3.54. The first-order chi connectivity index (χ1) is 8.90. The Morgan fingerprint density at radius 2 is 2.11 bits per heavy atom. The molecule has 0 spiro atoms. The molecule has 0 radical (unpaired) electrons. The second-order valence-electron chi connectivity index (χ2n) is 4.20. The van der Waals surface area contributed by atoms with Crippen molar-refractivity contribution in [3.05, 3.63) is 39.8 Å². The lowest BCUT2D eigenvalue weighted by Gasteiger charge is -2.08. The maximum absolute atomic E-state index is 12.1. The molecule has 0 aliphatic carbocycles. The van der Waals surface area contributed by atoms with Gasteiger partial charge in [0.2, 0.25) is 10.0 Å². The average Bonchev–Trinajstić information content (AvgIpc) is 2.76. The number of nitrogens with one attached hydrogen (secondary N) is 1. The Labute approximate surface area is 116 Å². The molecule has 0 saturated heterocycles. The molecule has 0 atom stereocenters. The molecule has 0 aliphatic rings. The normalized spacial score (nSPS) is 11.7. The number of anilines is 1. The zero-order valence-electron chi connectivity index (χ0n) is 10.7. The van der Waals surface area contributed by atoms with E-state index < -0.39 is 10.0 Å². The van der Waals surface area contributed by atoms with Gasteiger partial charge in [0, 0.05) is 17.1 Å². The van der Waals surface area contributed by atoms with E-state index in [1.807, 2.05) is 13.8 Å². The van der Waals surface area contributed by atoms with Crippen molar-refractivity contribution >= 4 is 27.0 Å². The molecule has 102 valence electrons. The monoisotopic (exact) mass is 297 g/mol. The molecule has 0 bridgehead atoms. The number of nitrogens with two attached hydrogens (primary N) is 1. The summed E-state index contributed by atoms with van der Waals surface area (Å²) in [5.41, 5.74) is 9.60. The number of thiazole rings is 1. The lowest BCUT2D eigenvalue weighted by molar-refractivity contribution is 0.581. The summed E-state index contributed by atoms with van der Waals surface area (Å²) in [6.07, 6.45) is 0. The third-order valence-corrected chi connectivity index (χ3v) is 5.16. The smallest absolute Gasteiger partial charge is 0.240 e. The quantitative estimate of drug-likeness (QED) is 0.843. The van der Waals surface area contributed by atoms with Gasteiger partial charge in [-0.2, -0.15) is 0 Å². The highest BCUT2D eigenvalue weighted by atomic mass is 32.2. The molecule has 1 heterocycles. The Morgan fingerprint density at radius 3 is 2.68 bits per heavy atom. The van der Waals surface area contributed by atoms with Crippen LogP contribution in [0, 0.1) is 13.8 Å². The van der Waals surface area contributed by atoms with Crippen molar-refractivity contribution in [1.82, 2.24) is 9.71 Å². The lowest BCUT2D eigenvalue weighted by atomic mass is 10.2. The Kier molecular flexibility index (Phi) is 3.88. The Morgan fingerprint density at radius 1 is 1.37 bits per heavy atom. The van der Waals surface area contributed by atoms with E-state index in [1.165, 1.54) is 17.4 Å². The van der Waals surface area contributed by atoms with Crippen molar-refractivity contribution in [2.24, 2.45) is 0 Å².